The summed E-state index contributed by atoms with van der Waals surface area (Å²) >= 11 is 1.16. The van der Waals surface area contributed by atoms with Crippen molar-refractivity contribution < 1.29 is 9.59 Å². The molecule has 0 radical (unpaired) electrons. The molecule has 0 aliphatic rings. The van der Waals surface area contributed by atoms with Crippen LogP contribution in [0.25, 0.3) is 22.1 Å². The average molecular weight is 435 g/mol. The van der Waals surface area contributed by atoms with E-state index in [1.807, 2.05) is 61.5 Å². The van der Waals surface area contributed by atoms with Crippen molar-refractivity contribution in [3.8, 4) is 0 Å². The molecule has 4 rings (SSSR count). The van der Waals surface area contributed by atoms with Crippen molar-refractivity contribution in [1.29, 1.82) is 0 Å². The number of hydrogen-bond donors (Lipinski definition) is 2. The molecule has 3 amide bonds. The summed E-state index contributed by atoms with van der Waals surface area (Å²) in [6.45, 7) is 4.99. The van der Waals surface area contributed by atoms with Crippen LogP contribution in [-0.4, -0.2) is 38.2 Å². The summed E-state index contributed by atoms with van der Waals surface area (Å²) < 4.78 is 2.08. The number of nitrogens with one attached hydrogen (secondary N) is 2. The first-order valence-corrected chi connectivity index (χ1v) is 10.9. The highest BCUT2D eigenvalue weighted by Gasteiger charge is 2.26. The number of nitrogens with zero attached hydrogens (tertiary/aromatic N) is 4. The van der Waals surface area contributed by atoms with Crippen LogP contribution in [0.5, 0.6) is 0 Å². The van der Waals surface area contributed by atoms with Crippen LogP contribution in [0.2, 0.25) is 0 Å². The Morgan fingerprint density at radius 1 is 1.03 bits per heavy atom. The van der Waals surface area contributed by atoms with Crippen LogP contribution in [0.15, 0.2) is 59.8 Å². The van der Waals surface area contributed by atoms with Gasteiger partial charge < -0.3 is 9.88 Å². The maximum atomic E-state index is 12.9. The number of hydrogen-bond acceptors (Lipinski definition) is 6. The SMILES string of the molecule is CCNC(=O)NC(=O)[C@H](Sc1nnc2c3ccccc3n(CC)c2n1)c1ccccc1. The Bertz CT molecular complexity index is 1240. The summed E-state index contributed by atoms with van der Waals surface area (Å²) in [5.74, 6) is -0.443. The molecule has 0 spiro atoms. The van der Waals surface area contributed by atoms with E-state index >= 15 is 0 Å². The molecule has 158 valence electrons. The maximum Gasteiger partial charge on any atom is 0.321 e. The second-order valence-corrected chi connectivity index (χ2v) is 7.86. The topological polar surface area (TPSA) is 102 Å². The standard InChI is InChI=1S/C22H22N6O2S/c1-3-23-21(30)25-20(29)18(14-10-6-5-7-11-14)31-22-24-19-17(26-27-22)15-12-8-9-13-16(15)28(19)4-2/h5-13,18H,3-4H2,1-2H3,(H2,23,25,29,30)/t18-/m1/s1. The van der Waals surface area contributed by atoms with E-state index in [0.29, 0.717) is 11.7 Å². The van der Waals surface area contributed by atoms with Gasteiger partial charge in [-0.1, -0.05) is 60.3 Å². The zero-order valence-corrected chi connectivity index (χ0v) is 18.0. The van der Waals surface area contributed by atoms with Gasteiger partial charge in [-0.05, 0) is 25.5 Å². The van der Waals surface area contributed by atoms with Crippen LogP contribution in [0.3, 0.4) is 0 Å². The third-order valence-corrected chi connectivity index (χ3v) is 5.91. The molecule has 0 fully saturated rings. The second kappa shape index (κ2) is 9.13. The summed E-state index contributed by atoms with van der Waals surface area (Å²) in [5, 5.41) is 14.3. The van der Waals surface area contributed by atoms with Crippen LogP contribution in [-0.2, 0) is 11.3 Å². The molecule has 31 heavy (non-hydrogen) atoms. The Labute approximate surface area is 183 Å². The van der Waals surface area contributed by atoms with Gasteiger partial charge >= 0.3 is 6.03 Å². The van der Waals surface area contributed by atoms with Gasteiger partial charge in [-0.2, -0.15) is 0 Å². The van der Waals surface area contributed by atoms with Crippen LogP contribution in [0, 0.1) is 0 Å². The molecule has 4 aromatic rings. The molecule has 2 heterocycles. The Morgan fingerprint density at radius 3 is 2.52 bits per heavy atom. The molecule has 0 unspecified atom stereocenters. The Kier molecular flexibility index (Phi) is 6.13. The third-order valence-electron chi connectivity index (χ3n) is 4.81. The number of thioether (sulfide) groups is 1. The molecule has 9 heteroatoms. The number of aryl methyl sites for hydroxylation is 1. The monoisotopic (exact) mass is 434 g/mol. The highest BCUT2D eigenvalue weighted by molar-refractivity contribution is 8.00. The number of carbonyl (C=O) groups is 2. The molecule has 1 atom stereocenters. The van der Waals surface area contributed by atoms with E-state index in [1.54, 1.807) is 6.92 Å². The Hall–Kier alpha value is -3.46. The number of fused-ring (bicyclic) bond motifs is 3. The summed E-state index contributed by atoms with van der Waals surface area (Å²) in [6, 6.07) is 16.7. The van der Waals surface area contributed by atoms with Crippen LogP contribution in [0.4, 0.5) is 4.79 Å². The molecule has 0 saturated carbocycles. The molecule has 8 nitrogen and oxygen atoms in total. The van der Waals surface area contributed by atoms with Crippen molar-refractivity contribution in [3.63, 3.8) is 0 Å². The minimum absolute atomic E-state index is 0.366. The summed E-state index contributed by atoms with van der Waals surface area (Å²) in [4.78, 5) is 29.5. The summed E-state index contributed by atoms with van der Waals surface area (Å²) in [7, 11) is 0. The molecule has 0 bridgehead atoms. The highest BCUT2D eigenvalue weighted by atomic mass is 32.2. The Morgan fingerprint density at radius 2 is 1.77 bits per heavy atom. The van der Waals surface area contributed by atoms with Crippen molar-refractivity contribution in [1.82, 2.24) is 30.4 Å². The molecule has 0 aliphatic carbocycles. The van der Waals surface area contributed by atoms with Gasteiger partial charge in [0, 0.05) is 18.5 Å². The lowest BCUT2D eigenvalue weighted by Gasteiger charge is -2.15. The predicted octanol–water partition coefficient (Wildman–Crippen LogP) is 3.68. The first kappa shape index (κ1) is 20.8. The van der Waals surface area contributed by atoms with E-state index in [-0.39, 0.29) is 0 Å². The summed E-state index contributed by atoms with van der Waals surface area (Å²) in [6.07, 6.45) is 0. The van der Waals surface area contributed by atoms with E-state index < -0.39 is 17.2 Å². The summed E-state index contributed by atoms with van der Waals surface area (Å²) in [5.41, 5.74) is 3.23. The number of para-hydroxylation sites is 1. The van der Waals surface area contributed by atoms with Crippen LogP contribution < -0.4 is 10.6 Å². The maximum absolute atomic E-state index is 12.9. The molecule has 2 N–H and O–H groups in total. The fourth-order valence-electron chi connectivity index (χ4n) is 3.45. The first-order chi connectivity index (χ1) is 15.1. The van der Waals surface area contributed by atoms with Crippen molar-refractivity contribution in [2.24, 2.45) is 0 Å². The fraction of sp³-hybridized carbons (Fsp3) is 0.227. The van der Waals surface area contributed by atoms with Gasteiger partial charge in [0.05, 0.1) is 5.52 Å². The van der Waals surface area contributed by atoms with Gasteiger partial charge in [-0.25, -0.2) is 9.78 Å². The number of imide groups is 1. The normalized spacial score (nSPS) is 12.1. The predicted molar refractivity (Wildman–Crippen MR) is 121 cm³/mol. The molecule has 0 aliphatic heterocycles. The van der Waals surface area contributed by atoms with Crippen LogP contribution in [0.1, 0.15) is 24.7 Å². The van der Waals surface area contributed by atoms with Crippen molar-refractivity contribution in [3.05, 3.63) is 60.2 Å². The molecular weight excluding hydrogens is 412 g/mol. The third kappa shape index (κ3) is 4.22. The lowest BCUT2D eigenvalue weighted by atomic mass is 10.1. The minimum atomic E-state index is -0.706. The van der Waals surface area contributed by atoms with Gasteiger partial charge in [-0.15, -0.1) is 10.2 Å². The van der Waals surface area contributed by atoms with Gasteiger partial charge in [0.2, 0.25) is 11.1 Å². The van der Waals surface area contributed by atoms with E-state index in [1.165, 1.54) is 0 Å². The molecule has 2 aromatic carbocycles. The first-order valence-electron chi connectivity index (χ1n) is 10.0. The van der Waals surface area contributed by atoms with Gasteiger partial charge in [0.1, 0.15) is 10.8 Å². The largest absolute Gasteiger partial charge is 0.338 e. The lowest BCUT2D eigenvalue weighted by Crippen LogP contribution is -2.41. The average Bonchev–Trinajstić information content (AvgIpc) is 3.11. The smallest absolute Gasteiger partial charge is 0.321 e. The molecule has 2 aromatic heterocycles. The van der Waals surface area contributed by atoms with Crippen molar-refractivity contribution >= 4 is 45.8 Å². The fourth-order valence-corrected chi connectivity index (χ4v) is 4.34. The van der Waals surface area contributed by atoms with E-state index in [9.17, 15) is 9.59 Å². The quantitative estimate of drug-likeness (QED) is 0.449. The van der Waals surface area contributed by atoms with Gasteiger partial charge in [-0.3, -0.25) is 10.1 Å². The van der Waals surface area contributed by atoms with Gasteiger partial charge in [0.25, 0.3) is 0 Å². The van der Waals surface area contributed by atoms with E-state index in [4.69, 9.17) is 4.98 Å². The number of rotatable bonds is 6. The zero-order chi connectivity index (χ0) is 21.8. The Balaban J connectivity index is 1.71. The van der Waals surface area contributed by atoms with Crippen LogP contribution >= 0.6 is 11.8 Å². The number of amides is 3. The minimum Gasteiger partial charge on any atom is -0.338 e. The van der Waals surface area contributed by atoms with E-state index in [0.717, 1.165) is 45.9 Å². The number of benzene rings is 2. The molecular formula is C22H22N6O2S. The second-order valence-electron chi connectivity index (χ2n) is 6.79. The zero-order valence-electron chi connectivity index (χ0n) is 17.2. The number of urea groups is 1. The van der Waals surface area contributed by atoms with E-state index in [2.05, 4.69) is 25.4 Å². The highest BCUT2D eigenvalue weighted by Crippen LogP contribution is 2.35. The lowest BCUT2D eigenvalue weighted by molar-refractivity contribution is -0.119. The number of carbonyl (C=O) groups excluding carboxylic acids is 2. The number of aromatic nitrogens is 4. The van der Waals surface area contributed by atoms with Gasteiger partial charge in [0.15, 0.2) is 5.65 Å². The van der Waals surface area contributed by atoms with Crippen molar-refractivity contribution in [2.45, 2.75) is 30.8 Å². The molecule has 0 saturated heterocycles. The van der Waals surface area contributed by atoms with Crippen molar-refractivity contribution in [2.75, 3.05) is 6.54 Å².